The monoisotopic (exact) mass is 190 g/mol. The van der Waals surface area contributed by atoms with Crippen LogP contribution < -0.4 is 0 Å². The third-order valence-electron chi connectivity index (χ3n) is 1.38. The van der Waals surface area contributed by atoms with E-state index in [9.17, 15) is 9.59 Å². The molecule has 0 rings (SSSR count). The summed E-state index contributed by atoms with van der Waals surface area (Å²) in [6, 6.07) is 0. The first kappa shape index (κ1) is 11.9. The van der Waals surface area contributed by atoms with Gasteiger partial charge in [-0.15, -0.1) is 0 Å². The van der Waals surface area contributed by atoms with Crippen LogP contribution in [-0.4, -0.2) is 30.4 Å². The molecule has 5 heteroatoms. The predicted octanol–water partition coefficient (Wildman–Crippen LogP) is 0.211. The van der Waals surface area contributed by atoms with Crippen LogP contribution in [0.5, 0.6) is 0 Å². The molecule has 0 aliphatic rings. The number of carbonyl (C=O) groups is 2. The van der Waals surface area contributed by atoms with Gasteiger partial charge in [0.05, 0.1) is 20.0 Å². The second-order valence-corrected chi connectivity index (χ2v) is 2.43. The average molecular weight is 190 g/mol. The highest BCUT2D eigenvalue weighted by Gasteiger charge is 2.11. The number of carbonyl (C=O) groups excluding carboxylic acids is 2. The number of methoxy groups -OCH3 is 1. The van der Waals surface area contributed by atoms with Gasteiger partial charge in [-0.1, -0.05) is 6.92 Å². The van der Waals surface area contributed by atoms with E-state index in [1.54, 1.807) is 6.92 Å². The Bertz CT molecular complexity index is 177. The number of aliphatic hydroxyl groups is 1. The van der Waals surface area contributed by atoms with Crippen molar-refractivity contribution in [3.05, 3.63) is 0 Å². The van der Waals surface area contributed by atoms with E-state index in [0.29, 0.717) is 6.42 Å². The highest BCUT2D eigenvalue weighted by Crippen LogP contribution is 1.99. The van der Waals surface area contributed by atoms with Crippen LogP contribution in [0.3, 0.4) is 0 Å². The quantitative estimate of drug-likeness (QED) is 0.495. The van der Waals surface area contributed by atoms with Gasteiger partial charge in [0.15, 0.2) is 6.29 Å². The van der Waals surface area contributed by atoms with Gasteiger partial charge in [0.2, 0.25) is 0 Å². The van der Waals surface area contributed by atoms with Gasteiger partial charge in [0.25, 0.3) is 0 Å². The third kappa shape index (κ3) is 6.10. The largest absolute Gasteiger partial charge is 0.469 e. The van der Waals surface area contributed by atoms with Gasteiger partial charge in [-0.2, -0.15) is 0 Å². The molecule has 0 aliphatic heterocycles. The molecule has 1 N–H and O–H groups in total. The van der Waals surface area contributed by atoms with Gasteiger partial charge >= 0.3 is 11.9 Å². The molecule has 0 spiro atoms. The first-order chi connectivity index (χ1) is 6.10. The molecule has 0 saturated carbocycles. The number of esters is 2. The Morgan fingerprint density at radius 3 is 2.31 bits per heavy atom. The number of hydrogen-bond acceptors (Lipinski definition) is 5. The fourth-order valence-electron chi connectivity index (χ4n) is 0.600. The minimum absolute atomic E-state index is 0.0221. The van der Waals surface area contributed by atoms with Crippen molar-refractivity contribution in [3.63, 3.8) is 0 Å². The minimum Gasteiger partial charge on any atom is -0.469 e. The van der Waals surface area contributed by atoms with E-state index < -0.39 is 18.2 Å². The zero-order valence-electron chi connectivity index (χ0n) is 7.78. The van der Waals surface area contributed by atoms with Crippen molar-refractivity contribution in [2.24, 2.45) is 0 Å². The molecule has 1 atom stereocenters. The molecule has 0 aromatic heterocycles. The Hall–Kier alpha value is -1.10. The highest BCUT2D eigenvalue weighted by molar-refractivity contribution is 5.77. The lowest BCUT2D eigenvalue weighted by atomic mass is 10.3. The van der Waals surface area contributed by atoms with Crippen molar-refractivity contribution in [2.45, 2.75) is 32.5 Å². The molecule has 0 aromatic carbocycles. The van der Waals surface area contributed by atoms with Crippen molar-refractivity contribution in [3.8, 4) is 0 Å². The van der Waals surface area contributed by atoms with Crippen molar-refractivity contribution in [1.29, 1.82) is 0 Å². The molecule has 1 unspecified atom stereocenters. The summed E-state index contributed by atoms with van der Waals surface area (Å²) >= 11 is 0. The number of aliphatic hydroxyl groups excluding tert-OH is 1. The van der Waals surface area contributed by atoms with Gasteiger partial charge < -0.3 is 14.6 Å². The number of hydrogen-bond donors (Lipinski definition) is 1. The molecular weight excluding hydrogens is 176 g/mol. The smallest absolute Gasteiger partial charge is 0.308 e. The normalized spacial score (nSPS) is 11.9. The van der Waals surface area contributed by atoms with Gasteiger partial charge in [-0.3, -0.25) is 9.59 Å². The van der Waals surface area contributed by atoms with Crippen molar-refractivity contribution in [1.82, 2.24) is 0 Å². The molecule has 0 aromatic rings. The van der Waals surface area contributed by atoms with Gasteiger partial charge in [0.1, 0.15) is 0 Å². The van der Waals surface area contributed by atoms with E-state index >= 15 is 0 Å². The third-order valence-corrected chi connectivity index (χ3v) is 1.38. The Balaban J connectivity index is 3.57. The Morgan fingerprint density at radius 2 is 1.85 bits per heavy atom. The Kier molecular flexibility index (Phi) is 5.88. The molecule has 0 radical (unpaired) electrons. The number of ether oxygens (including phenoxy) is 2. The van der Waals surface area contributed by atoms with E-state index in [2.05, 4.69) is 9.47 Å². The maximum atomic E-state index is 10.8. The summed E-state index contributed by atoms with van der Waals surface area (Å²) in [5.74, 6) is -1.07. The van der Waals surface area contributed by atoms with Crippen LogP contribution in [0, 0.1) is 0 Å². The first-order valence-electron chi connectivity index (χ1n) is 4.04. The van der Waals surface area contributed by atoms with E-state index in [-0.39, 0.29) is 12.8 Å². The molecule has 5 nitrogen and oxygen atoms in total. The van der Waals surface area contributed by atoms with E-state index in [0.717, 1.165) is 0 Å². The molecule has 13 heavy (non-hydrogen) atoms. The van der Waals surface area contributed by atoms with Crippen LogP contribution >= 0.6 is 0 Å². The Labute approximate surface area is 76.6 Å². The zero-order valence-corrected chi connectivity index (χ0v) is 7.78. The summed E-state index contributed by atoms with van der Waals surface area (Å²) in [6.45, 7) is 1.68. The summed E-state index contributed by atoms with van der Waals surface area (Å²) < 4.78 is 8.83. The van der Waals surface area contributed by atoms with Gasteiger partial charge in [0, 0.05) is 6.42 Å². The maximum Gasteiger partial charge on any atom is 0.308 e. The van der Waals surface area contributed by atoms with Crippen LogP contribution in [0.2, 0.25) is 0 Å². The first-order valence-corrected chi connectivity index (χ1v) is 4.04. The van der Waals surface area contributed by atoms with Crippen LogP contribution in [-0.2, 0) is 19.1 Å². The summed E-state index contributed by atoms with van der Waals surface area (Å²) in [5.41, 5.74) is 0. The molecule has 0 saturated heterocycles. The summed E-state index contributed by atoms with van der Waals surface area (Å²) in [4.78, 5) is 21.4. The lowest BCUT2D eigenvalue weighted by Crippen LogP contribution is -2.17. The molecular formula is C8H14O5. The van der Waals surface area contributed by atoms with Crippen LogP contribution in [0.25, 0.3) is 0 Å². The fraction of sp³-hybridized carbons (Fsp3) is 0.750. The molecule has 76 valence electrons. The van der Waals surface area contributed by atoms with E-state index in [1.165, 1.54) is 7.11 Å². The standard InChI is InChI=1S/C8H14O5/c1-3-6(9)13-8(11)5-4-7(10)12-2/h6,9H,3-5H2,1-2H3. The molecule has 0 aliphatic carbocycles. The van der Waals surface area contributed by atoms with E-state index in [4.69, 9.17) is 5.11 Å². The molecule has 0 amide bonds. The van der Waals surface area contributed by atoms with Crippen molar-refractivity contribution in [2.75, 3.05) is 7.11 Å². The maximum absolute atomic E-state index is 10.8. The number of rotatable bonds is 5. The average Bonchev–Trinajstić information content (AvgIpc) is 2.13. The SMILES string of the molecule is CCC(O)OC(=O)CCC(=O)OC. The molecule has 0 fully saturated rings. The lowest BCUT2D eigenvalue weighted by Gasteiger charge is -2.08. The molecule has 0 bridgehead atoms. The van der Waals surface area contributed by atoms with Crippen molar-refractivity contribution >= 4 is 11.9 Å². The van der Waals surface area contributed by atoms with Gasteiger partial charge in [-0.25, -0.2) is 0 Å². The fourth-order valence-corrected chi connectivity index (χ4v) is 0.600. The summed E-state index contributed by atoms with van der Waals surface area (Å²) in [6.07, 6.45) is -0.829. The topological polar surface area (TPSA) is 72.8 Å². The molecule has 0 heterocycles. The van der Waals surface area contributed by atoms with Gasteiger partial charge in [-0.05, 0) is 0 Å². The minimum atomic E-state index is -1.08. The van der Waals surface area contributed by atoms with Crippen LogP contribution in [0.4, 0.5) is 0 Å². The summed E-state index contributed by atoms with van der Waals surface area (Å²) in [7, 11) is 1.24. The predicted molar refractivity (Wildman–Crippen MR) is 43.6 cm³/mol. The van der Waals surface area contributed by atoms with E-state index in [1.807, 2.05) is 0 Å². The zero-order chi connectivity index (χ0) is 10.3. The summed E-state index contributed by atoms with van der Waals surface area (Å²) in [5, 5.41) is 8.89. The highest BCUT2D eigenvalue weighted by atomic mass is 16.6. The second kappa shape index (κ2) is 6.42. The van der Waals surface area contributed by atoms with Crippen LogP contribution in [0.15, 0.2) is 0 Å². The van der Waals surface area contributed by atoms with Crippen LogP contribution in [0.1, 0.15) is 26.2 Å². The van der Waals surface area contributed by atoms with Crippen molar-refractivity contribution < 1.29 is 24.2 Å². The Morgan fingerprint density at radius 1 is 1.31 bits per heavy atom. The lowest BCUT2D eigenvalue weighted by molar-refractivity contribution is -0.169. The second-order valence-electron chi connectivity index (χ2n) is 2.43.